The van der Waals surface area contributed by atoms with Crippen LogP contribution in [0, 0.1) is 5.41 Å². The summed E-state index contributed by atoms with van der Waals surface area (Å²) < 4.78 is 56.8. The van der Waals surface area contributed by atoms with E-state index in [1.165, 1.54) is 12.1 Å². The number of esters is 1. The number of ether oxygens (including phenoxy) is 1. The number of alkyl halides is 3. The highest BCUT2D eigenvalue weighted by molar-refractivity contribution is 6.61. The van der Waals surface area contributed by atoms with Crippen molar-refractivity contribution in [1.82, 2.24) is 4.98 Å². The van der Waals surface area contributed by atoms with Crippen molar-refractivity contribution in [3.05, 3.63) is 35.5 Å². The lowest BCUT2D eigenvalue weighted by atomic mass is 9.75. The van der Waals surface area contributed by atoms with Crippen LogP contribution >= 0.6 is 0 Å². The predicted molar refractivity (Wildman–Crippen MR) is 93.8 cm³/mol. The van der Waals surface area contributed by atoms with Crippen molar-refractivity contribution in [3.8, 4) is 0 Å². The molecule has 5 nitrogen and oxygen atoms in total. The van der Waals surface area contributed by atoms with Gasteiger partial charge in [-0.15, -0.1) is 0 Å². The molecule has 1 aliphatic heterocycles. The molecule has 0 unspecified atom stereocenters. The van der Waals surface area contributed by atoms with Crippen LogP contribution in [-0.2, 0) is 20.2 Å². The molecule has 3 rings (SSSR count). The summed E-state index contributed by atoms with van der Waals surface area (Å²) in [4.78, 5) is 15.9. The first kappa shape index (κ1) is 19.6. The Morgan fingerprint density at radius 3 is 2.52 bits per heavy atom. The van der Waals surface area contributed by atoms with Gasteiger partial charge in [-0.25, -0.2) is 9.78 Å². The first-order chi connectivity index (χ1) is 12.6. The summed E-state index contributed by atoms with van der Waals surface area (Å²) in [6.45, 7) is 6.44. The minimum absolute atomic E-state index is 0.0472. The number of aromatic nitrogens is 1. The number of carbonyl (C=O) groups excluding carboxylic acids is 1. The quantitative estimate of drug-likeness (QED) is 0.604. The molecule has 1 fully saturated rings. The molecule has 0 saturated carbocycles. The second-order valence-corrected chi connectivity index (χ2v) is 7.17. The summed E-state index contributed by atoms with van der Waals surface area (Å²) in [7, 11) is -0.742. The molecule has 2 aromatic rings. The summed E-state index contributed by atoms with van der Waals surface area (Å²) in [6.07, 6.45) is -4.66. The zero-order valence-electron chi connectivity index (χ0n) is 15.2. The maximum absolute atomic E-state index is 13.6. The number of benzene rings is 1. The Labute approximate surface area is 155 Å². The van der Waals surface area contributed by atoms with E-state index in [0.29, 0.717) is 18.7 Å². The van der Waals surface area contributed by atoms with Crippen molar-refractivity contribution in [2.75, 3.05) is 19.8 Å². The zero-order chi connectivity index (χ0) is 19.8. The van der Waals surface area contributed by atoms with Gasteiger partial charge in [-0.3, -0.25) is 0 Å². The highest BCUT2D eigenvalue weighted by atomic mass is 19.4. The number of pyridine rings is 1. The van der Waals surface area contributed by atoms with Crippen LogP contribution in [0.25, 0.3) is 10.9 Å². The number of rotatable bonds is 3. The van der Waals surface area contributed by atoms with Crippen LogP contribution in [0.4, 0.5) is 13.2 Å². The number of hydrogen-bond donors (Lipinski definition) is 0. The molecule has 1 aromatic carbocycles. The minimum atomic E-state index is -4.66. The Morgan fingerprint density at radius 1 is 1.26 bits per heavy atom. The van der Waals surface area contributed by atoms with Crippen LogP contribution < -0.4 is 5.46 Å². The summed E-state index contributed by atoms with van der Waals surface area (Å²) in [5.41, 5.74) is -0.965. The second kappa shape index (κ2) is 7.12. The molecule has 144 valence electrons. The molecule has 0 radical (unpaired) electrons. The molecule has 2 heterocycles. The largest absolute Gasteiger partial charge is 0.493 e. The van der Waals surface area contributed by atoms with E-state index in [2.05, 4.69) is 4.98 Å². The van der Waals surface area contributed by atoms with Crippen molar-refractivity contribution in [2.24, 2.45) is 5.41 Å². The molecule has 9 heteroatoms. The molecule has 0 N–H and O–H groups in total. The Hall–Kier alpha value is -2.13. The van der Waals surface area contributed by atoms with Gasteiger partial charge in [0.05, 0.1) is 17.7 Å². The maximum Gasteiger partial charge on any atom is 0.493 e. The number of halogens is 3. The van der Waals surface area contributed by atoms with Gasteiger partial charge in [0, 0.05) is 24.0 Å². The number of fused-ring (bicyclic) bond motifs is 1. The average Bonchev–Trinajstić information content (AvgIpc) is 2.59. The summed E-state index contributed by atoms with van der Waals surface area (Å²) in [6, 6.07) is 5.08. The molecule has 0 bridgehead atoms. The van der Waals surface area contributed by atoms with E-state index >= 15 is 0 Å². The van der Waals surface area contributed by atoms with Gasteiger partial charge in [0.25, 0.3) is 0 Å². The Kier molecular flexibility index (Phi) is 5.18. The van der Waals surface area contributed by atoms with Crippen LogP contribution in [0.3, 0.4) is 0 Å². The topological polar surface area (TPSA) is 57.7 Å². The normalized spacial score (nSPS) is 17.2. The molecule has 0 amide bonds. The van der Waals surface area contributed by atoms with Crippen molar-refractivity contribution in [2.45, 2.75) is 26.9 Å². The third-order valence-corrected chi connectivity index (χ3v) is 4.15. The van der Waals surface area contributed by atoms with E-state index in [0.717, 1.165) is 6.07 Å². The smallest absolute Gasteiger partial charge is 0.461 e. The van der Waals surface area contributed by atoms with E-state index < -0.39 is 24.8 Å². The molecule has 0 atom stereocenters. The van der Waals surface area contributed by atoms with Gasteiger partial charge in [-0.1, -0.05) is 26.0 Å². The number of carbonyl (C=O) groups is 1. The van der Waals surface area contributed by atoms with Crippen LogP contribution in [0.5, 0.6) is 0 Å². The van der Waals surface area contributed by atoms with Gasteiger partial charge in [-0.05, 0) is 24.5 Å². The minimum Gasteiger partial charge on any atom is -0.461 e. The fraction of sp³-hybridized carbons (Fsp3) is 0.444. The van der Waals surface area contributed by atoms with Gasteiger partial charge in [-0.2, -0.15) is 13.2 Å². The lowest BCUT2D eigenvalue weighted by Gasteiger charge is -2.33. The van der Waals surface area contributed by atoms with Gasteiger partial charge >= 0.3 is 19.3 Å². The SMILES string of the molecule is CCOC(=O)c1cc(C(F)(F)F)c2cc(B3OCC(C)(C)CO3)ccc2n1. The van der Waals surface area contributed by atoms with E-state index in [1.54, 1.807) is 13.0 Å². The molecule has 1 saturated heterocycles. The first-order valence-corrected chi connectivity index (χ1v) is 8.53. The molecule has 1 aliphatic rings. The zero-order valence-corrected chi connectivity index (χ0v) is 15.2. The maximum atomic E-state index is 13.6. The fourth-order valence-corrected chi connectivity index (χ4v) is 2.82. The lowest BCUT2D eigenvalue weighted by Crippen LogP contribution is -2.47. The van der Waals surface area contributed by atoms with Crippen molar-refractivity contribution < 1.29 is 32.0 Å². The van der Waals surface area contributed by atoms with Gasteiger partial charge in [0.2, 0.25) is 0 Å². The van der Waals surface area contributed by atoms with Crippen molar-refractivity contribution in [3.63, 3.8) is 0 Å². The highest BCUT2D eigenvalue weighted by Crippen LogP contribution is 2.35. The van der Waals surface area contributed by atoms with Crippen LogP contribution in [0.2, 0.25) is 0 Å². The Balaban J connectivity index is 2.05. The van der Waals surface area contributed by atoms with E-state index in [-0.39, 0.29) is 28.6 Å². The van der Waals surface area contributed by atoms with E-state index in [9.17, 15) is 18.0 Å². The third-order valence-electron chi connectivity index (χ3n) is 4.15. The Morgan fingerprint density at radius 2 is 1.93 bits per heavy atom. The van der Waals surface area contributed by atoms with Crippen molar-refractivity contribution >= 4 is 29.5 Å². The predicted octanol–water partition coefficient (Wildman–Crippen LogP) is 3.20. The fourth-order valence-electron chi connectivity index (χ4n) is 2.82. The summed E-state index contributed by atoms with van der Waals surface area (Å²) in [5.74, 6) is -0.893. The van der Waals surface area contributed by atoms with Gasteiger partial charge in [0.15, 0.2) is 0 Å². The van der Waals surface area contributed by atoms with Gasteiger partial charge in [0.1, 0.15) is 5.69 Å². The van der Waals surface area contributed by atoms with E-state index in [4.69, 9.17) is 14.0 Å². The number of hydrogen-bond acceptors (Lipinski definition) is 5. The van der Waals surface area contributed by atoms with Crippen LogP contribution in [0.1, 0.15) is 36.8 Å². The molecule has 1 aromatic heterocycles. The average molecular weight is 381 g/mol. The second-order valence-electron chi connectivity index (χ2n) is 7.17. The van der Waals surface area contributed by atoms with Gasteiger partial charge < -0.3 is 14.0 Å². The standard InChI is InChI=1S/C18H19BF3NO4/c1-4-25-16(24)15-8-13(18(20,21)22)12-7-11(5-6-14(12)23-15)19-26-9-17(2,3)10-27-19/h5-8H,4,9-10H2,1-3H3. The molecule has 0 aliphatic carbocycles. The molecule has 0 spiro atoms. The molecular formula is C18H19BF3NO4. The third kappa shape index (κ3) is 4.25. The monoisotopic (exact) mass is 381 g/mol. The van der Waals surface area contributed by atoms with Crippen LogP contribution in [0.15, 0.2) is 24.3 Å². The Bertz CT molecular complexity index is 860. The number of nitrogens with zero attached hydrogens (tertiary/aromatic N) is 1. The van der Waals surface area contributed by atoms with Crippen molar-refractivity contribution in [1.29, 1.82) is 0 Å². The first-order valence-electron chi connectivity index (χ1n) is 8.53. The molecule has 27 heavy (non-hydrogen) atoms. The lowest BCUT2D eigenvalue weighted by molar-refractivity contribution is -0.136. The highest BCUT2D eigenvalue weighted by Gasteiger charge is 2.37. The summed E-state index contributed by atoms with van der Waals surface area (Å²) in [5, 5.41) is -0.120. The van der Waals surface area contributed by atoms with E-state index in [1.807, 2.05) is 13.8 Å². The molecular weight excluding hydrogens is 362 g/mol. The van der Waals surface area contributed by atoms with Crippen LogP contribution in [-0.4, -0.2) is 37.9 Å². The summed E-state index contributed by atoms with van der Waals surface area (Å²) >= 11 is 0.